The fourth-order valence-electron chi connectivity index (χ4n) is 2.37. The van der Waals surface area contributed by atoms with Crippen molar-refractivity contribution in [3.63, 3.8) is 0 Å². The van der Waals surface area contributed by atoms with Gasteiger partial charge in [0, 0.05) is 18.2 Å². The summed E-state index contributed by atoms with van der Waals surface area (Å²) in [4.78, 5) is 9.03. The highest BCUT2D eigenvalue weighted by Gasteiger charge is 2.07. The molecular weight excluding hydrogens is 330 g/mol. The van der Waals surface area contributed by atoms with E-state index in [1.807, 2.05) is 50.2 Å². The lowest BCUT2D eigenvalue weighted by molar-refractivity contribution is 0.374. The summed E-state index contributed by atoms with van der Waals surface area (Å²) in [6, 6.07) is 11.7. The zero-order valence-corrected chi connectivity index (χ0v) is 15.0. The molecule has 0 aliphatic rings. The Labute approximate surface area is 152 Å². The molecule has 0 radical (unpaired) electrons. The van der Waals surface area contributed by atoms with Crippen LogP contribution in [0.25, 0.3) is 11.5 Å². The van der Waals surface area contributed by atoms with Crippen molar-refractivity contribution in [3.05, 3.63) is 59.8 Å². The molecule has 3 aromatic rings. The molecule has 0 aliphatic heterocycles. The Morgan fingerprint density at radius 3 is 2.69 bits per heavy atom. The summed E-state index contributed by atoms with van der Waals surface area (Å²) in [7, 11) is 0. The Kier molecular flexibility index (Phi) is 6.03. The number of nitrogens with zero attached hydrogens (tertiary/aromatic N) is 3. The van der Waals surface area contributed by atoms with Crippen molar-refractivity contribution in [2.45, 2.75) is 33.4 Å². The lowest BCUT2D eigenvalue weighted by Crippen LogP contribution is -2.36. The molecule has 3 rings (SSSR count). The van der Waals surface area contributed by atoms with E-state index in [9.17, 15) is 0 Å². The second-order valence-corrected chi connectivity index (χ2v) is 5.70. The van der Waals surface area contributed by atoms with Crippen LogP contribution in [-0.4, -0.2) is 22.6 Å². The van der Waals surface area contributed by atoms with E-state index < -0.39 is 0 Å². The van der Waals surface area contributed by atoms with E-state index >= 15 is 0 Å². The third kappa shape index (κ3) is 4.72. The normalized spacial score (nSPS) is 11.5. The average Bonchev–Trinajstić information content (AvgIpc) is 3.34. The van der Waals surface area contributed by atoms with E-state index in [2.05, 4.69) is 25.8 Å². The predicted octanol–water partition coefficient (Wildman–Crippen LogP) is 3.15. The van der Waals surface area contributed by atoms with Crippen LogP contribution in [0.3, 0.4) is 0 Å². The van der Waals surface area contributed by atoms with Gasteiger partial charge in [-0.05, 0) is 25.5 Å². The Hall–Kier alpha value is -3.09. The van der Waals surface area contributed by atoms with Gasteiger partial charge < -0.3 is 19.6 Å². The fraction of sp³-hybridized carbons (Fsp3) is 0.316. The third-order valence-electron chi connectivity index (χ3n) is 3.72. The molecule has 2 heterocycles. The molecule has 0 unspecified atom stereocenters. The van der Waals surface area contributed by atoms with Crippen molar-refractivity contribution in [2.24, 2.45) is 4.99 Å². The van der Waals surface area contributed by atoms with E-state index in [4.69, 9.17) is 8.94 Å². The van der Waals surface area contributed by atoms with Crippen molar-refractivity contribution in [2.75, 3.05) is 6.54 Å². The van der Waals surface area contributed by atoms with Gasteiger partial charge in [0.05, 0.1) is 18.8 Å². The van der Waals surface area contributed by atoms with Crippen molar-refractivity contribution in [1.82, 2.24) is 20.8 Å². The highest BCUT2D eigenvalue weighted by Crippen LogP contribution is 2.18. The Balaban J connectivity index is 1.61. The summed E-state index contributed by atoms with van der Waals surface area (Å²) in [6.45, 7) is 5.76. The summed E-state index contributed by atoms with van der Waals surface area (Å²) in [6.07, 6.45) is 2.49. The monoisotopic (exact) mass is 353 g/mol. The number of hydrogen-bond donors (Lipinski definition) is 2. The molecule has 2 N–H and O–H groups in total. The number of aromatic nitrogens is 2. The van der Waals surface area contributed by atoms with Gasteiger partial charge in [-0.15, -0.1) is 0 Å². The SMILES string of the molecule is CCNC(=NCc1coc(-c2ccccc2)n1)NCc1cc(CC)no1. The highest BCUT2D eigenvalue weighted by molar-refractivity contribution is 5.79. The van der Waals surface area contributed by atoms with E-state index in [-0.39, 0.29) is 0 Å². The molecule has 0 saturated heterocycles. The fourth-order valence-corrected chi connectivity index (χ4v) is 2.37. The first-order valence-corrected chi connectivity index (χ1v) is 8.75. The van der Waals surface area contributed by atoms with Crippen LogP contribution in [0.4, 0.5) is 0 Å². The van der Waals surface area contributed by atoms with Crippen LogP contribution in [-0.2, 0) is 19.5 Å². The second-order valence-electron chi connectivity index (χ2n) is 5.70. The van der Waals surface area contributed by atoms with Crippen LogP contribution in [0.5, 0.6) is 0 Å². The van der Waals surface area contributed by atoms with E-state index in [0.29, 0.717) is 24.9 Å². The predicted molar refractivity (Wildman–Crippen MR) is 99.5 cm³/mol. The molecule has 26 heavy (non-hydrogen) atoms. The molecule has 7 heteroatoms. The Morgan fingerprint density at radius 2 is 1.96 bits per heavy atom. The van der Waals surface area contributed by atoms with Gasteiger partial charge in [0.25, 0.3) is 0 Å². The highest BCUT2D eigenvalue weighted by atomic mass is 16.5. The minimum Gasteiger partial charge on any atom is -0.444 e. The maximum Gasteiger partial charge on any atom is 0.226 e. The number of benzene rings is 1. The first kappa shape index (κ1) is 17.7. The summed E-state index contributed by atoms with van der Waals surface area (Å²) in [5.41, 5.74) is 2.67. The summed E-state index contributed by atoms with van der Waals surface area (Å²) >= 11 is 0. The van der Waals surface area contributed by atoms with Crippen molar-refractivity contribution in [1.29, 1.82) is 0 Å². The van der Waals surface area contributed by atoms with E-state index in [1.54, 1.807) is 6.26 Å². The van der Waals surface area contributed by atoms with Crippen molar-refractivity contribution >= 4 is 5.96 Å². The number of aryl methyl sites for hydroxylation is 1. The van der Waals surface area contributed by atoms with Gasteiger partial charge in [-0.3, -0.25) is 0 Å². The largest absolute Gasteiger partial charge is 0.444 e. The van der Waals surface area contributed by atoms with Gasteiger partial charge in [-0.25, -0.2) is 9.98 Å². The number of guanidine groups is 1. The molecule has 0 aliphatic carbocycles. The topological polar surface area (TPSA) is 88.5 Å². The minimum atomic E-state index is 0.419. The molecule has 0 atom stereocenters. The van der Waals surface area contributed by atoms with Crippen LogP contribution in [0.2, 0.25) is 0 Å². The van der Waals surface area contributed by atoms with Gasteiger partial charge in [-0.2, -0.15) is 0 Å². The number of hydrogen-bond acceptors (Lipinski definition) is 5. The molecular formula is C19H23N5O2. The quantitative estimate of drug-likeness (QED) is 0.501. The van der Waals surface area contributed by atoms with Gasteiger partial charge in [0.1, 0.15) is 12.0 Å². The molecule has 136 valence electrons. The number of oxazole rings is 1. The second kappa shape index (κ2) is 8.84. The molecule has 0 saturated carbocycles. The Morgan fingerprint density at radius 1 is 1.12 bits per heavy atom. The van der Waals surface area contributed by atoms with Crippen LogP contribution in [0.1, 0.15) is 31.0 Å². The Bertz CT molecular complexity index is 839. The zero-order valence-electron chi connectivity index (χ0n) is 15.0. The summed E-state index contributed by atoms with van der Waals surface area (Å²) < 4.78 is 10.8. The summed E-state index contributed by atoms with van der Waals surface area (Å²) in [5, 5.41) is 10.4. The molecule has 0 amide bonds. The molecule has 0 fully saturated rings. The van der Waals surface area contributed by atoms with Gasteiger partial charge >= 0.3 is 0 Å². The molecule has 2 aromatic heterocycles. The maximum absolute atomic E-state index is 5.54. The third-order valence-corrected chi connectivity index (χ3v) is 3.72. The standard InChI is InChI=1S/C19H23N5O2/c1-3-15-10-17(26-24-15)12-22-19(20-4-2)21-11-16-13-25-18(23-16)14-8-6-5-7-9-14/h5-10,13H,3-4,11-12H2,1-2H3,(H2,20,21,22). The van der Waals surface area contributed by atoms with Gasteiger partial charge in [-0.1, -0.05) is 30.3 Å². The molecule has 0 spiro atoms. The van der Waals surface area contributed by atoms with Crippen LogP contribution >= 0.6 is 0 Å². The van der Waals surface area contributed by atoms with Crippen molar-refractivity contribution < 1.29 is 8.94 Å². The van der Waals surface area contributed by atoms with Gasteiger partial charge in [0.15, 0.2) is 11.7 Å². The number of nitrogens with one attached hydrogen (secondary N) is 2. The first-order chi connectivity index (χ1) is 12.8. The number of aliphatic imine (C=N–C) groups is 1. The van der Waals surface area contributed by atoms with Gasteiger partial charge in [0.2, 0.25) is 5.89 Å². The molecule has 0 bridgehead atoms. The van der Waals surface area contributed by atoms with E-state index in [1.165, 1.54) is 0 Å². The number of rotatable bonds is 7. The molecule has 7 nitrogen and oxygen atoms in total. The van der Waals surface area contributed by atoms with Crippen LogP contribution < -0.4 is 10.6 Å². The smallest absolute Gasteiger partial charge is 0.226 e. The first-order valence-electron chi connectivity index (χ1n) is 8.75. The van der Waals surface area contributed by atoms with E-state index in [0.717, 1.165) is 35.7 Å². The van der Waals surface area contributed by atoms with Crippen LogP contribution in [0, 0.1) is 0 Å². The minimum absolute atomic E-state index is 0.419. The zero-order chi connectivity index (χ0) is 18.2. The van der Waals surface area contributed by atoms with Crippen molar-refractivity contribution in [3.8, 4) is 11.5 Å². The lowest BCUT2D eigenvalue weighted by Gasteiger charge is -2.09. The van der Waals surface area contributed by atoms with Crippen LogP contribution in [0.15, 0.2) is 56.6 Å². The summed E-state index contributed by atoms with van der Waals surface area (Å²) in [5.74, 6) is 2.06. The molecule has 1 aromatic carbocycles. The lowest BCUT2D eigenvalue weighted by atomic mass is 10.2. The average molecular weight is 353 g/mol. The maximum atomic E-state index is 5.54.